The van der Waals surface area contributed by atoms with E-state index in [1.165, 1.54) is 24.8 Å². The molecule has 0 saturated carbocycles. The molecule has 0 atom stereocenters. The quantitative estimate of drug-likeness (QED) is 0.684. The van der Waals surface area contributed by atoms with E-state index >= 15 is 0 Å². The van der Waals surface area contributed by atoms with Crippen LogP contribution in [-0.4, -0.2) is 60.7 Å². The second-order valence-electron chi connectivity index (χ2n) is 9.39. The minimum atomic E-state index is 0.0672. The zero-order chi connectivity index (χ0) is 21.8. The van der Waals surface area contributed by atoms with Crippen molar-refractivity contribution in [1.29, 1.82) is 0 Å². The number of hydrogen-bond donors (Lipinski definition) is 0. The summed E-state index contributed by atoms with van der Waals surface area (Å²) in [5.74, 6) is 1.73. The predicted octanol–water partition coefficient (Wildman–Crippen LogP) is 4.25. The molecule has 4 rings (SSSR count). The van der Waals surface area contributed by atoms with E-state index < -0.39 is 0 Å². The van der Waals surface area contributed by atoms with Crippen molar-refractivity contribution < 1.29 is 14.1 Å². The van der Waals surface area contributed by atoms with Crippen LogP contribution in [0.2, 0.25) is 0 Å². The molecule has 1 amide bonds. The van der Waals surface area contributed by atoms with E-state index in [1.807, 2.05) is 18.7 Å². The number of aromatic nitrogens is 1. The van der Waals surface area contributed by atoms with E-state index in [-0.39, 0.29) is 11.3 Å². The molecule has 6 nitrogen and oxygen atoms in total. The summed E-state index contributed by atoms with van der Waals surface area (Å²) < 4.78 is 11.3. The number of piperidine rings is 1. The number of aryl methyl sites for hydroxylation is 3. The summed E-state index contributed by atoms with van der Waals surface area (Å²) in [5.41, 5.74) is 2.92. The van der Waals surface area contributed by atoms with Crippen molar-refractivity contribution in [3.63, 3.8) is 0 Å². The molecule has 1 aromatic heterocycles. The Bertz CT molecular complexity index is 880. The van der Waals surface area contributed by atoms with E-state index in [0.29, 0.717) is 23.6 Å². The number of likely N-dealkylation sites (N-methyl/N-ethyl adjacent to an activating group) is 1. The second kappa shape index (κ2) is 9.43. The maximum absolute atomic E-state index is 13.1. The molecule has 1 fully saturated rings. The topological polar surface area (TPSA) is 58.8 Å². The van der Waals surface area contributed by atoms with Crippen LogP contribution in [0.15, 0.2) is 28.8 Å². The molecule has 3 heterocycles. The van der Waals surface area contributed by atoms with Crippen molar-refractivity contribution in [2.45, 2.75) is 52.4 Å². The number of carbonyl (C=O) groups is 1. The minimum absolute atomic E-state index is 0.0672. The molecule has 0 unspecified atom stereocenters. The van der Waals surface area contributed by atoms with Crippen LogP contribution in [0.1, 0.15) is 59.5 Å². The predicted molar refractivity (Wildman–Crippen MR) is 121 cm³/mol. The molecule has 6 heteroatoms. The number of fused-ring (bicyclic) bond motifs is 1. The van der Waals surface area contributed by atoms with Crippen LogP contribution >= 0.6 is 0 Å². The first-order chi connectivity index (χ1) is 15.0. The Kier molecular flexibility index (Phi) is 6.65. The number of ether oxygens (including phenoxy) is 1. The lowest BCUT2D eigenvalue weighted by Crippen LogP contribution is -2.48. The summed E-state index contributed by atoms with van der Waals surface area (Å²) in [7, 11) is 2.20. The Labute approximate surface area is 185 Å². The summed E-state index contributed by atoms with van der Waals surface area (Å²) in [6, 6.07) is 8.45. The van der Waals surface area contributed by atoms with Crippen LogP contribution in [0, 0.1) is 19.3 Å². The smallest absolute Gasteiger partial charge is 0.259 e. The molecule has 2 aliphatic rings. The average molecular weight is 426 g/mol. The van der Waals surface area contributed by atoms with Gasteiger partial charge in [-0.3, -0.25) is 4.79 Å². The van der Waals surface area contributed by atoms with Crippen molar-refractivity contribution in [2.75, 3.05) is 39.8 Å². The van der Waals surface area contributed by atoms with Gasteiger partial charge in [-0.15, -0.1) is 0 Å². The van der Waals surface area contributed by atoms with Crippen LogP contribution in [0.5, 0.6) is 5.75 Å². The monoisotopic (exact) mass is 425 g/mol. The first kappa shape index (κ1) is 21.9. The zero-order valence-corrected chi connectivity index (χ0v) is 19.2. The van der Waals surface area contributed by atoms with Crippen molar-refractivity contribution in [1.82, 2.24) is 15.0 Å². The van der Waals surface area contributed by atoms with Crippen molar-refractivity contribution in [2.24, 2.45) is 5.41 Å². The molecular formula is C25H35N3O3. The SMILES string of the molecule is Cc1noc(C)c1C(=O)N1CCC2(CCCCc3ccccc3OCCN(C)C2)CC1. The van der Waals surface area contributed by atoms with E-state index in [0.717, 1.165) is 51.2 Å². The highest BCUT2D eigenvalue weighted by atomic mass is 16.5. The second-order valence-corrected chi connectivity index (χ2v) is 9.39. The van der Waals surface area contributed by atoms with Gasteiger partial charge in [0.15, 0.2) is 0 Å². The third-order valence-corrected chi connectivity index (χ3v) is 7.07. The van der Waals surface area contributed by atoms with Crippen LogP contribution in [0.3, 0.4) is 0 Å². The van der Waals surface area contributed by atoms with Crippen LogP contribution in [0.4, 0.5) is 0 Å². The fraction of sp³-hybridized carbons (Fsp3) is 0.600. The highest BCUT2D eigenvalue weighted by Gasteiger charge is 2.37. The van der Waals surface area contributed by atoms with Gasteiger partial charge in [0.1, 0.15) is 23.7 Å². The van der Waals surface area contributed by atoms with Gasteiger partial charge in [-0.1, -0.05) is 29.8 Å². The number of benzene rings is 1. The molecule has 1 aromatic carbocycles. The standard InChI is InChI=1S/C25H35N3O3/c1-19-23(20(2)31-26-19)24(29)28-14-12-25(13-15-28)11-7-6-9-21-8-4-5-10-22(21)30-17-16-27(3)18-25/h4-5,8,10H,6-7,9,11-18H2,1-3H3. The molecular weight excluding hydrogens is 390 g/mol. The number of amides is 1. The number of hydrogen-bond acceptors (Lipinski definition) is 5. The third-order valence-electron chi connectivity index (χ3n) is 7.07. The molecule has 31 heavy (non-hydrogen) atoms. The lowest BCUT2D eigenvalue weighted by Gasteiger charge is -2.44. The van der Waals surface area contributed by atoms with Gasteiger partial charge >= 0.3 is 0 Å². The van der Waals surface area contributed by atoms with Gasteiger partial charge in [-0.25, -0.2) is 0 Å². The Morgan fingerprint density at radius 1 is 1.06 bits per heavy atom. The fourth-order valence-corrected chi connectivity index (χ4v) is 5.25. The molecule has 2 aliphatic heterocycles. The Hall–Kier alpha value is -2.34. The Balaban J connectivity index is 1.42. The average Bonchev–Trinajstić information content (AvgIpc) is 3.09. The summed E-state index contributed by atoms with van der Waals surface area (Å²) in [4.78, 5) is 17.5. The molecule has 0 aliphatic carbocycles. The minimum Gasteiger partial charge on any atom is -0.492 e. The van der Waals surface area contributed by atoms with E-state index in [1.54, 1.807) is 0 Å². The first-order valence-corrected chi connectivity index (χ1v) is 11.6. The van der Waals surface area contributed by atoms with Gasteiger partial charge in [-0.2, -0.15) is 0 Å². The molecule has 0 N–H and O–H groups in total. The maximum atomic E-state index is 13.1. The van der Waals surface area contributed by atoms with Gasteiger partial charge in [0.05, 0.1) is 5.69 Å². The summed E-state index contributed by atoms with van der Waals surface area (Å²) in [6.07, 6.45) is 6.76. The molecule has 2 aromatic rings. The van der Waals surface area contributed by atoms with E-state index in [2.05, 4.69) is 41.4 Å². The number of carbonyl (C=O) groups excluding carboxylic acids is 1. The van der Waals surface area contributed by atoms with E-state index in [9.17, 15) is 4.79 Å². The fourth-order valence-electron chi connectivity index (χ4n) is 5.25. The largest absolute Gasteiger partial charge is 0.492 e. The molecule has 168 valence electrons. The van der Waals surface area contributed by atoms with Gasteiger partial charge in [0, 0.05) is 26.2 Å². The molecule has 0 radical (unpaired) electrons. The lowest BCUT2D eigenvalue weighted by molar-refractivity contribution is 0.0423. The Morgan fingerprint density at radius 2 is 1.84 bits per heavy atom. The van der Waals surface area contributed by atoms with Crippen molar-refractivity contribution >= 4 is 5.91 Å². The normalized spacial score (nSPS) is 20.4. The highest BCUT2D eigenvalue weighted by Crippen LogP contribution is 2.38. The number of para-hydroxylation sites is 1. The van der Waals surface area contributed by atoms with Crippen LogP contribution in [0.25, 0.3) is 0 Å². The number of nitrogens with zero attached hydrogens (tertiary/aromatic N) is 3. The zero-order valence-electron chi connectivity index (χ0n) is 19.2. The van der Waals surface area contributed by atoms with Crippen molar-refractivity contribution in [3.05, 3.63) is 46.8 Å². The van der Waals surface area contributed by atoms with Gasteiger partial charge in [-0.05, 0) is 70.0 Å². The Morgan fingerprint density at radius 3 is 2.58 bits per heavy atom. The van der Waals surface area contributed by atoms with Gasteiger partial charge in [0.2, 0.25) is 0 Å². The molecule has 0 bridgehead atoms. The molecule has 1 saturated heterocycles. The lowest BCUT2D eigenvalue weighted by atomic mass is 9.73. The van der Waals surface area contributed by atoms with Gasteiger partial charge in [0.25, 0.3) is 5.91 Å². The summed E-state index contributed by atoms with van der Waals surface area (Å²) in [6.45, 7) is 7.95. The highest BCUT2D eigenvalue weighted by molar-refractivity contribution is 5.96. The molecule has 1 spiro atoms. The van der Waals surface area contributed by atoms with Crippen molar-refractivity contribution in [3.8, 4) is 5.75 Å². The summed E-state index contributed by atoms with van der Waals surface area (Å²) in [5, 5.41) is 3.96. The van der Waals surface area contributed by atoms with Gasteiger partial charge < -0.3 is 19.1 Å². The number of rotatable bonds is 1. The first-order valence-electron chi connectivity index (χ1n) is 11.6. The van der Waals surface area contributed by atoms with Crippen LogP contribution in [-0.2, 0) is 6.42 Å². The maximum Gasteiger partial charge on any atom is 0.259 e. The number of likely N-dealkylation sites (tertiary alicyclic amines) is 1. The van der Waals surface area contributed by atoms with E-state index in [4.69, 9.17) is 9.26 Å². The van der Waals surface area contributed by atoms with Crippen LogP contribution < -0.4 is 4.74 Å². The summed E-state index contributed by atoms with van der Waals surface area (Å²) >= 11 is 0. The third kappa shape index (κ3) is 4.95.